The molecule has 2 aromatic rings. The van der Waals surface area contributed by atoms with Gasteiger partial charge in [0.25, 0.3) is 0 Å². The molecule has 1 atom stereocenters. The standard InChI is InChI=1S/C21H21ClFNO4/c1-12(2)20(14-4-6-15(22)7-5-14)21(27)28-11-19(26)17-9-8-16(10-18(17)23)24-13(3)25/h4-10,12,20H,11H2,1-3H3,(H,24,25)/t20-/m1/s1. The highest BCUT2D eigenvalue weighted by molar-refractivity contribution is 6.30. The molecule has 0 radical (unpaired) electrons. The highest BCUT2D eigenvalue weighted by atomic mass is 35.5. The molecule has 1 amide bonds. The van der Waals surface area contributed by atoms with Crippen LogP contribution in [0.15, 0.2) is 42.5 Å². The number of benzene rings is 2. The largest absolute Gasteiger partial charge is 0.457 e. The fourth-order valence-corrected chi connectivity index (χ4v) is 2.92. The van der Waals surface area contributed by atoms with Gasteiger partial charge in [-0.05, 0) is 41.8 Å². The van der Waals surface area contributed by atoms with Crippen LogP contribution in [0.1, 0.15) is 42.6 Å². The zero-order chi connectivity index (χ0) is 20.8. The van der Waals surface area contributed by atoms with E-state index in [1.165, 1.54) is 19.1 Å². The predicted octanol–water partition coefficient (Wildman–Crippen LogP) is 4.60. The van der Waals surface area contributed by atoms with Crippen LogP contribution in [0.3, 0.4) is 0 Å². The molecule has 7 heteroatoms. The summed E-state index contributed by atoms with van der Waals surface area (Å²) in [6.45, 7) is 4.44. The maximum atomic E-state index is 14.1. The fourth-order valence-electron chi connectivity index (χ4n) is 2.79. The topological polar surface area (TPSA) is 72.5 Å². The van der Waals surface area contributed by atoms with Crippen LogP contribution < -0.4 is 5.32 Å². The van der Waals surface area contributed by atoms with Gasteiger partial charge in [0.1, 0.15) is 5.82 Å². The first-order valence-corrected chi connectivity index (χ1v) is 9.09. The monoisotopic (exact) mass is 405 g/mol. The van der Waals surface area contributed by atoms with Gasteiger partial charge in [0.2, 0.25) is 11.7 Å². The SMILES string of the molecule is CC(=O)Nc1ccc(C(=O)COC(=O)[C@@H](c2ccc(Cl)cc2)C(C)C)c(F)c1. The van der Waals surface area contributed by atoms with Crippen molar-refractivity contribution in [3.8, 4) is 0 Å². The van der Waals surface area contributed by atoms with Crippen LogP contribution in [0.25, 0.3) is 0 Å². The molecule has 28 heavy (non-hydrogen) atoms. The second kappa shape index (κ2) is 9.46. The van der Waals surface area contributed by atoms with Crippen LogP contribution in [0, 0.1) is 11.7 Å². The Kier molecular flexibility index (Phi) is 7.29. The Bertz CT molecular complexity index is 880. The summed E-state index contributed by atoms with van der Waals surface area (Å²) < 4.78 is 19.3. The lowest BCUT2D eigenvalue weighted by molar-refractivity contribution is -0.145. The Morgan fingerprint density at radius 3 is 2.29 bits per heavy atom. The third-order valence-corrected chi connectivity index (χ3v) is 4.34. The lowest BCUT2D eigenvalue weighted by atomic mass is 9.88. The van der Waals surface area contributed by atoms with E-state index in [4.69, 9.17) is 16.3 Å². The van der Waals surface area contributed by atoms with Crippen molar-refractivity contribution in [2.24, 2.45) is 5.92 Å². The van der Waals surface area contributed by atoms with E-state index >= 15 is 0 Å². The molecule has 0 saturated heterocycles. The zero-order valence-corrected chi connectivity index (χ0v) is 16.5. The molecule has 5 nitrogen and oxygen atoms in total. The van der Waals surface area contributed by atoms with Crippen LogP contribution in [-0.2, 0) is 14.3 Å². The number of amides is 1. The Hall–Kier alpha value is -2.73. The van der Waals surface area contributed by atoms with E-state index in [1.807, 2.05) is 13.8 Å². The predicted molar refractivity (Wildman–Crippen MR) is 105 cm³/mol. The van der Waals surface area contributed by atoms with Gasteiger partial charge in [-0.2, -0.15) is 0 Å². The van der Waals surface area contributed by atoms with E-state index < -0.39 is 30.1 Å². The van der Waals surface area contributed by atoms with Gasteiger partial charge in [-0.15, -0.1) is 0 Å². The van der Waals surface area contributed by atoms with Gasteiger partial charge < -0.3 is 10.1 Å². The molecule has 0 unspecified atom stereocenters. The number of Topliss-reactive ketones (excluding diaryl/α,β-unsaturated/α-hetero) is 1. The summed E-state index contributed by atoms with van der Waals surface area (Å²) in [5.74, 6) is -3.03. The van der Waals surface area contributed by atoms with E-state index in [-0.39, 0.29) is 23.1 Å². The lowest BCUT2D eigenvalue weighted by Crippen LogP contribution is -2.24. The molecular formula is C21H21ClFNO4. The molecule has 2 rings (SSSR count). The zero-order valence-electron chi connectivity index (χ0n) is 15.8. The number of ketones is 1. The highest BCUT2D eigenvalue weighted by Gasteiger charge is 2.27. The summed E-state index contributed by atoms with van der Waals surface area (Å²) in [4.78, 5) is 35.8. The second-order valence-corrected chi connectivity index (χ2v) is 7.12. The van der Waals surface area contributed by atoms with Gasteiger partial charge >= 0.3 is 5.97 Å². The molecule has 0 aromatic heterocycles. The van der Waals surface area contributed by atoms with Crippen molar-refractivity contribution < 1.29 is 23.5 Å². The smallest absolute Gasteiger partial charge is 0.314 e. The van der Waals surface area contributed by atoms with Crippen LogP contribution in [0.5, 0.6) is 0 Å². The minimum absolute atomic E-state index is 0.0718. The van der Waals surface area contributed by atoms with Crippen molar-refractivity contribution >= 4 is 34.9 Å². The number of nitrogens with one attached hydrogen (secondary N) is 1. The molecular weight excluding hydrogens is 385 g/mol. The first-order valence-electron chi connectivity index (χ1n) is 8.71. The van der Waals surface area contributed by atoms with Crippen molar-refractivity contribution in [2.45, 2.75) is 26.7 Å². The molecule has 2 aromatic carbocycles. The number of hydrogen-bond acceptors (Lipinski definition) is 4. The van der Waals surface area contributed by atoms with Crippen LogP contribution in [0.2, 0.25) is 5.02 Å². The summed E-state index contributed by atoms with van der Waals surface area (Å²) in [5, 5.41) is 2.98. The Labute approximate surface area is 167 Å². The number of carbonyl (C=O) groups excluding carboxylic acids is 3. The number of carbonyl (C=O) groups is 3. The third kappa shape index (κ3) is 5.63. The van der Waals surface area contributed by atoms with Crippen molar-refractivity contribution in [3.63, 3.8) is 0 Å². The summed E-state index contributed by atoms with van der Waals surface area (Å²) in [6.07, 6.45) is 0. The third-order valence-electron chi connectivity index (χ3n) is 4.09. The van der Waals surface area contributed by atoms with E-state index in [0.29, 0.717) is 5.02 Å². The van der Waals surface area contributed by atoms with Gasteiger partial charge in [-0.3, -0.25) is 14.4 Å². The highest BCUT2D eigenvalue weighted by Crippen LogP contribution is 2.27. The number of esters is 1. The molecule has 0 heterocycles. The number of ether oxygens (including phenoxy) is 1. The van der Waals surface area contributed by atoms with Gasteiger partial charge in [-0.1, -0.05) is 37.6 Å². The van der Waals surface area contributed by atoms with Crippen molar-refractivity contribution in [3.05, 3.63) is 64.4 Å². The van der Waals surface area contributed by atoms with Gasteiger partial charge in [0, 0.05) is 17.6 Å². The molecule has 0 fully saturated rings. The Morgan fingerprint density at radius 1 is 1.11 bits per heavy atom. The molecule has 0 bridgehead atoms. The fraction of sp³-hybridized carbons (Fsp3) is 0.286. The van der Waals surface area contributed by atoms with E-state index in [0.717, 1.165) is 11.6 Å². The second-order valence-electron chi connectivity index (χ2n) is 6.68. The molecule has 148 valence electrons. The minimum atomic E-state index is -0.801. The first-order chi connectivity index (χ1) is 13.2. The van der Waals surface area contributed by atoms with Crippen LogP contribution >= 0.6 is 11.6 Å². The lowest BCUT2D eigenvalue weighted by Gasteiger charge is -2.20. The summed E-state index contributed by atoms with van der Waals surface area (Å²) in [7, 11) is 0. The normalized spacial score (nSPS) is 11.8. The summed E-state index contributed by atoms with van der Waals surface area (Å²) in [6, 6.07) is 10.5. The minimum Gasteiger partial charge on any atom is -0.457 e. The maximum Gasteiger partial charge on any atom is 0.314 e. The van der Waals surface area contributed by atoms with Crippen molar-refractivity contribution in [1.82, 2.24) is 0 Å². The molecule has 0 spiro atoms. The first kappa shape index (κ1) is 21.6. The Balaban J connectivity index is 2.07. The van der Waals surface area contributed by atoms with Gasteiger partial charge in [0.15, 0.2) is 6.61 Å². The molecule has 0 saturated carbocycles. The number of halogens is 2. The van der Waals surface area contributed by atoms with Gasteiger partial charge in [0.05, 0.1) is 11.5 Å². The molecule has 0 aliphatic heterocycles. The summed E-state index contributed by atoms with van der Waals surface area (Å²) >= 11 is 5.88. The van der Waals surface area contributed by atoms with Crippen LogP contribution in [0.4, 0.5) is 10.1 Å². The van der Waals surface area contributed by atoms with Crippen LogP contribution in [-0.4, -0.2) is 24.3 Å². The number of rotatable bonds is 7. The number of hydrogen-bond donors (Lipinski definition) is 1. The van der Waals surface area contributed by atoms with Gasteiger partial charge in [-0.25, -0.2) is 4.39 Å². The quantitative estimate of drug-likeness (QED) is 0.539. The van der Waals surface area contributed by atoms with E-state index in [2.05, 4.69) is 5.32 Å². The van der Waals surface area contributed by atoms with Crippen molar-refractivity contribution in [1.29, 1.82) is 0 Å². The van der Waals surface area contributed by atoms with E-state index in [1.54, 1.807) is 24.3 Å². The maximum absolute atomic E-state index is 14.1. The molecule has 1 N–H and O–H groups in total. The molecule has 0 aliphatic rings. The Morgan fingerprint density at radius 2 is 1.75 bits per heavy atom. The van der Waals surface area contributed by atoms with Crippen molar-refractivity contribution in [2.75, 3.05) is 11.9 Å². The molecule has 0 aliphatic carbocycles. The van der Waals surface area contributed by atoms with E-state index in [9.17, 15) is 18.8 Å². The average Bonchev–Trinajstić information content (AvgIpc) is 2.61. The number of anilines is 1. The summed E-state index contributed by atoms with van der Waals surface area (Å²) in [5.41, 5.74) is 0.748. The average molecular weight is 406 g/mol.